The average molecular weight is 220 g/mol. The van der Waals surface area contributed by atoms with E-state index in [-0.39, 0.29) is 11.5 Å². The second kappa shape index (κ2) is 4.03. The molecule has 0 aromatic heterocycles. The summed E-state index contributed by atoms with van der Waals surface area (Å²) in [5.74, 6) is 0.742. The minimum absolute atomic E-state index is 0.155. The topological polar surface area (TPSA) is 20.2 Å². The van der Waals surface area contributed by atoms with Gasteiger partial charge in [0.1, 0.15) is 0 Å². The fourth-order valence-electron chi connectivity index (χ4n) is 3.52. The van der Waals surface area contributed by atoms with Gasteiger partial charge in [-0.3, -0.25) is 0 Å². The standard InChI is InChI=1S/C15H24O/c1-10(2)12-5-6-13-7-8-14(16)11(3)15(13,4)9-12/h13-14,16H,3,5-9H2,1-2,4H3/t13?,14-,15+/m1/s1. The van der Waals surface area contributed by atoms with E-state index in [1.807, 2.05) is 0 Å². The third-order valence-corrected chi connectivity index (χ3v) is 4.91. The van der Waals surface area contributed by atoms with E-state index in [1.165, 1.54) is 24.8 Å². The van der Waals surface area contributed by atoms with Crippen LogP contribution in [0.15, 0.2) is 23.3 Å². The Hall–Kier alpha value is -0.560. The normalized spacial score (nSPS) is 39.5. The van der Waals surface area contributed by atoms with Gasteiger partial charge in [0.05, 0.1) is 6.10 Å². The molecule has 0 radical (unpaired) electrons. The van der Waals surface area contributed by atoms with E-state index < -0.39 is 0 Å². The maximum absolute atomic E-state index is 9.99. The van der Waals surface area contributed by atoms with Crippen molar-refractivity contribution in [3.8, 4) is 0 Å². The Labute approximate surface area is 99.3 Å². The first-order valence-electron chi connectivity index (χ1n) is 6.47. The molecular formula is C15H24O. The highest BCUT2D eigenvalue weighted by atomic mass is 16.3. The van der Waals surface area contributed by atoms with Crippen LogP contribution in [0.1, 0.15) is 52.9 Å². The molecule has 0 aliphatic heterocycles. The van der Waals surface area contributed by atoms with Crippen LogP contribution in [0.5, 0.6) is 0 Å². The summed E-state index contributed by atoms with van der Waals surface area (Å²) in [4.78, 5) is 0. The summed E-state index contributed by atoms with van der Waals surface area (Å²) in [6, 6.07) is 0. The zero-order valence-corrected chi connectivity index (χ0v) is 10.8. The zero-order chi connectivity index (χ0) is 11.9. The van der Waals surface area contributed by atoms with Crippen LogP contribution < -0.4 is 0 Å². The molecule has 3 atom stereocenters. The Morgan fingerprint density at radius 3 is 2.62 bits per heavy atom. The van der Waals surface area contributed by atoms with Gasteiger partial charge in [0.25, 0.3) is 0 Å². The summed E-state index contributed by atoms with van der Waals surface area (Å²) < 4.78 is 0. The largest absolute Gasteiger partial charge is 0.389 e. The molecule has 0 aromatic rings. The van der Waals surface area contributed by atoms with Gasteiger partial charge >= 0.3 is 0 Å². The number of aliphatic hydroxyl groups is 1. The number of hydrogen-bond donors (Lipinski definition) is 1. The molecule has 2 fully saturated rings. The molecule has 0 saturated heterocycles. The summed E-state index contributed by atoms with van der Waals surface area (Å²) in [5.41, 5.74) is 4.30. The van der Waals surface area contributed by atoms with Crippen molar-refractivity contribution in [3.63, 3.8) is 0 Å². The third kappa shape index (κ3) is 1.75. The third-order valence-electron chi connectivity index (χ3n) is 4.91. The quantitative estimate of drug-likeness (QED) is 0.615. The molecule has 1 N–H and O–H groups in total. The van der Waals surface area contributed by atoms with E-state index in [1.54, 1.807) is 5.57 Å². The van der Waals surface area contributed by atoms with Crippen molar-refractivity contribution in [3.05, 3.63) is 23.3 Å². The molecule has 2 aliphatic carbocycles. The maximum Gasteiger partial charge on any atom is 0.0753 e. The van der Waals surface area contributed by atoms with Crippen LogP contribution in [-0.4, -0.2) is 11.2 Å². The lowest BCUT2D eigenvalue weighted by molar-refractivity contribution is 0.0645. The monoisotopic (exact) mass is 220 g/mol. The Kier molecular flexibility index (Phi) is 3.00. The fraction of sp³-hybridized carbons (Fsp3) is 0.733. The number of rotatable bonds is 0. The van der Waals surface area contributed by atoms with Crippen LogP contribution in [0.4, 0.5) is 0 Å². The van der Waals surface area contributed by atoms with Crippen molar-refractivity contribution in [2.24, 2.45) is 11.3 Å². The summed E-state index contributed by atoms with van der Waals surface area (Å²) >= 11 is 0. The van der Waals surface area contributed by atoms with Crippen molar-refractivity contribution < 1.29 is 5.11 Å². The van der Waals surface area contributed by atoms with E-state index in [0.717, 1.165) is 24.3 Å². The highest BCUT2D eigenvalue weighted by Crippen LogP contribution is 2.54. The second-order valence-corrected chi connectivity index (χ2v) is 6.05. The van der Waals surface area contributed by atoms with E-state index in [0.29, 0.717) is 0 Å². The molecule has 90 valence electrons. The smallest absolute Gasteiger partial charge is 0.0753 e. The molecule has 0 heterocycles. The van der Waals surface area contributed by atoms with Crippen molar-refractivity contribution in [2.75, 3.05) is 0 Å². The number of hydrogen-bond acceptors (Lipinski definition) is 1. The van der Waals surface area contributed by atoms with E-state index in [9.17, 15) is 5.11 Å². The summed E-state index contributed by atoms with van der Waals surface area (Å²) in [6.45, 7) is 10.9. The molecule has 0 amide bonds. The first-order chi connectivity index (χ1) is 7.45. The predicted molar refractivity (Wildman–Crippen MR) is 68.2 cm³/mol. The molecule has 0 spiro atoms. The van der Waals surface area contributed by atoms with E-state index in [4.69, 9.17) is 0 Å². The zero-order valence-electron chi connectivity index (χ0n) is 10.8. The number of allylic oxidation sites excluding steroid dienone is 2. The van der Waals surface area contributed by atoms with E-state index >= 15 is 0 Å². The molecule has 16 heavy (non-hydrogen) atoms. The highest BCUT2D eigenvalue weighted by Gasteiger charge is 2.45. The Morgan fingerprint density at radius 2 is 2.00 bits per heavy atom. The van der Waals surface area contributed by atoms with Gasteiger partial charge in [0.15, 0.2) is 0 Å². The van der Waals surface area contributed by atoms with Crippen LogP contribution in [-0.2, 0) is 0 Å². The molecule has 0 bridgehead atoms. The number of fused-ring (bicyclic) bond motifs is 1. The SMILES string of the molecule is C=C1[C@H](O)CCC2CCC(=C(C)C)C[C@@]12C. The number of aliphatic hydroxyl groups excluding tert-OH is 1. The van der Waals surface area contributed by atoms with Crippen molar-refractivity contribution >= 4 is 0 Å². The fourth-order valence-corrected chi connectivity index (χ4v) is 3.52. The molecule has 1 nitrogen and oxygen atoms in total. The van der Waals surface area contributed by atoms with Gasteiger partial charge in [-0.15, -0.1) is 0 Å². The highest BCUT2D eigenvalue weighted by molar-refractivity contribution is 5.27. The Morgan fingerprint density at radius 1 is 1.31 bits per heavy atom. The Balaban J connectivity index is 2.29. The predicted octanol–water partition coefficient (Wildman–Crippen LogP) is 3.84. The molecule has 2 saturated carbocycles. The van der Waals surface area contributed by atoms with Crippen molar-refractivity contribution in [2.45, 2.75) is 59.0 Å². The van der Waals surface area contributed by atoms with Gasteiger partial charge < -0.3 is 5.11 Å². The lowest BCUT2D eigenvalue weighted by Crippen LogP contribution is -2.41. The lowest BCUT2D eigenvalue weighted by atomic mass is 9.56. The van der Waals surface area contributed by atoms with Crippen LogP contribution in [0.2, 0.25) is 0 Å². The van der Waals surface area contributed by atoms with Gasteiger partial charge in [-0.25, -0.2) is 0 Å². The molecule has 0 aromatic carbocycles. The average Bonchev–Trinajstić information content (AvgIpc) is 2.24. The molecule has 1 heteroatoms. The summed E-state index contributed by atoms with van der Waals surface area (Å²) in [6.07, 6.45) is 5.48. The lowest BCUT2D eigenvalue weighted by Gasteiger charge is -2.49. The van der Waals surface area contributed by atoms with Crippen LogP contribution in [0.25, 0.3) is 0 Å². The second-order valence-electron chi connectivity index (χ2n) is 6.05. The maximum atomic E-state index is 9.99. The van der Waals surface area contributed by atoms with Gasteiger partial charge in [0, 0.05) is 0 Å². The molecule has 2 aliphatic rings. The van der Waals surface area contributed by atoms with Crippen molar-refractivity contribution in [1.29, 1.82) is 0 Å². The van der Waals surface area contributed by atoms with Gasteiger partial charge in [-0.05, 0) is 62.9 Å². The minimum atomic E-state index is -0.266. The summed E-state index contributed by atoms with van der Waals surface area (Å²) in [5, 5.41) is 9.99. The van der Waals surface area contributed by atoms with Crippen molar-refractivity contribution in [1.82, 2.24) is 0 Å². The molecular weight excluding hydrogens is 196 g/mol. The van der Waals surface area contributed by atoms with Gasteiger partial charge in [0.2, 0.25) is 0 Å². The van der Waals surface area contributed by atoms with Gasteiger partial charge in [-0.1, -0.05) is 24.6 Å². The van der Waals surface area contributed by atoms with Crippen LogP contribution in [0.3, 0.4) is 0 Å². The van der Waals surface area contributed by atoms with Crippen LogP contribution in [0, 0.1) is 11.3 Å². The van der Waals surface area contributed by atoms with Crippen LogP contribution >= 0.6 is 0 Å². The van der Waals surface area contributed by atoms with Gasteiger partial charge in [-0.2, -0.15) is 0 Å². The first-order valence-corrected chi connectivity index (χ1v) is 6.47. The van der Waals surface area contributed by atoms with E-state index in [2.05, 4.69) is 27.4 Å². The summed E-state index contributed by atoms with van der Waals surface area (Å²) in [7, 11) is 0. The molecule has 1 unspecified atom stereocenters. The first kappa shape index (κ1) is 11.9. The Bertz CT molecular complexity index is 335. The minimum Gasteiger partial charge on any atom is -0.389 e. The molecule has 2 rings (SSSR count).